The van der Waals surface area contributed by atoms with E-state index >= 15 is 0 Å². The third-order valence-corrected chi connectivity index (χ3v) is 13.7. The number of hydrogen-bond acceptors (Lipinski definition) is 2. The van der Waals surface area contributed by atoms with Crippen molar-refractivity contribution in [3.63, 3.8) is 0 Å². The molecule has 2 nitrogen and oxygen atoms in total. The summed E-state index contributed by atoms with van der Waals surface area (Å²) in [4.78, 5) is 0. The molecule has 10 aromatic carbocycles. The molecule has 58 heavy (non-hydrogen) atoms. The standard InChI is InChI=1S/C27H15BrO.C27H16O.K.H/c28-22-12-5-11-21-26(22)29-23-13-2-1-8-18(23)27(21)19-9-3-6-16-14-15-17-7-4-10-20(27)25(17)24(16)19;1-3-13-23-19(9-1)27(20-10-2-4-14-24(20)28-23)21-11-5-7-17-15-16-18-8-6-12-22(27)26(18)25(17)21;;/h1-15H;1-16H;;/q;;+1;-1. The van der Waals surface area contributed by atoms with Gasteiger partial charge >= 0.3 is 51.4 Å². The number of para-hydroxylation sites is 4. The number of hydrogen-bond donors (Lipinski definition) is 0. The summed E-state index contributed by atoms with van der Waals surface area (Å²) < 4.78 is 13.8. The van der Waals surface area contributed by atoms with E-state index < -0.39 is 0 Å². The van der Waals surface area contributed by atoms with Crippen LogP contribution in [0.5, 0.6) is 23.0 Å². The van der Waals surface area contributed by atoms with Gasteiger partial charge in [0.2, 0.25) is 0 Å². The molecular formula is C54H32BrKO2. The molecule has 14 rings (SSSR count). The van der Waals surface area contributed by atoms with Gasteiger partial charge in [0.1, 0.15) is 23.0 Å². The Hall–Kier alpha value is -5.04. The summed E-state index contributed by atoms with van der Waals surface area (Å²) in [6.45, 7) is 0. The van der Waals surface area contributed by atoms with E-state index in [1.807, 2.05) is 0 Å². The van der Waals surface area contributed by atoms with E-state index in [4.69, 9.17) is 9.47 Å². The minimum atomic E-state index is -0.378. The van der Waals surface area contributed by atoms with E-state index in [1.165, 1.54) is 87.6 Å². The van der Waals surface area contributed by atoms with Gasteiger partial charge in [-0.25, -0.2) is 0 Å². The number of benzene rings is 10. The number of fused-ring (bicyclic) bond motifs is 12. The van der Waals surface area contributed by atoms with Crippen molar-refractivity contribution in [1.82, 2.24) is 0 Å². The molecule has 0 unspecified atom stereocenters. The Balaban J connectivity index is 0.000000130. The van der Waals surface area contributed by atoms with Crippen molar-refractivity contribution in [3.8, 4) is 23.0 Å². The van der Waals surface area contributed by atoms with E-state index in [-0.39, 0.29) is 63.6 Å². The fourth-order valence-electron chi connectivity index (χ4n) is 11.0. The van der Waals surface area contributed by atoms with Crippen LogP contribution in [0.1, 0.15) is 45.9 Å². The molecule has 0 atom stereocenters. The minimum Gasteiger partial charge on any atom is -1.00 e. The average Bonchev–Trinajstić information content (AvgIpc) is 3.73. The topological polar surface area (TPSA) is 18.5 Å². The quantitative estimate of drug-likeness (QED) is 0.112. The van der Waals surface area contributed by atoms with Gasteiger partial charge in [-0.1, -0.05) is 164 Å². The molecule has 0 amide bonds. The van der Waals surface area contributed by atoms with Crippen LogP contribution in [-0.4, -0.2) is 0 Å². The average molecular weight is 832 g/mol. The maximum absolute atomic E-state index is 6.44. The molecule has 0 fully saturated rings. The Morgan fingerprint density at radius 3 is 1.03 bits per heavy atom. The molecule has 0 N–H and O–H groups in total. The van der Waals surface area contributed by atoms with Crippen LogP contribution in [0.3, 0.4) is 0 Å². The molecule has 2 heterocycles. The van der Waals surface area contributed by atoms with Crippen molar-refractivity contribution in [1.29, 1.82) is 0 Å². The fraction of sp³-hybridized carbons (Fsp3) is 0.0370. The largest absolute Gasteiger partial charge is 1.00 e. The zero-order chi connectivity index (χ0) is 37.5. The van der Waals surface area contributed by atoms with Gasteiger partial charge in [-0.15, -0.1) is 0 Å². The van der Waals surface area contributed by atoms with Crippen molar-refractivity contribution in [2.45, 2.75) is 10.8 Å². The van der Waals surface area contributed by atoms with Crippen molar-refractivity contribution in [2.24, 2.45) is 0 Å². The Labute approximate surface area is 388 Å². The molecule has 0 bridgehead atoms. The second-order valence-corrected chi connectivity index (χ2v) is 16.4. The number of rotatable bonds is 0. The summed E-state index contributed by atoms with van der Waals surface area (Å²) >= 11 is 3.75. The van der Waals surface area contributed by atoms with Crippen LogP contribution in [-0.2, 0) is 10.8 Å². The molecule has 0 radical (unpaired) electrons. The Kier molecular flexibility index (Phi) is 7.67. The normalized spacial score (nSPS) is 14.7. The Bertz CT molecular complexity index is 3240. The summed E-state index contributed by atoms with van der Waals surface area (Å²) in [5, 5.41) is 10.7. The van der Waals surface area contributed by atoms with Crippen molar-refractivity contribution in [3.05, 3.63) is 237 Å². The van der Waals surface area contributed by atoms with Gasteiger partial charge in [-0.2, -0.15) is 0 Å². The van der Waals surface area contributed by atoms with Gasteiger partial charge in [0.15, 0.2) is 0 Å². The Morgan fingerprint density at radius 1 is 0.310 bits per heavy atom. The maximum atomic E-state index is 6.44. The van der Waals surface area contributed by atoms with E-state index in [1.54, 1.807) is 0 Å². The minimum absolute atomic E-state index is 0. The van der Waals surface area contributed by atoms with Gasteiger partial charge in [0.05, 0.1) is 15.3 Å². The zero-order valence-corrected chi connectivity index (χ0v) is 36.3. The van der Waals surface area contributed by atoms with Gasteiger partial charge in [0, 0.05) is 22.3 Å². The number of halogens is 1. The smallest absolute Gasteiger partial charge is 1.00 e. The molecular weight excluding hydrogens is 800 g/mol. The fourth-order valence-corrected chi connectivity index (χ4v) is 11.5. The van der Waals surface area contributed by atoms with Crippen molar-refractivity contribution in [2.75, 3.05) is 0 Å². The van der Waals surface area contributed by atoms with Crippen LogP contribution in [0.25, 0.3) is 43.1 Å². The van der Waals surface area contributed by atoms with E-state index in [0.717, 1.165) is 27.5 Å². The molecule has 2 spiro atoms. The first-order valence-corrected chi connectivity index (χ1v) is 20.3. The molecule has 4 aliphatic rings. The van der Waals surface area contributed by atoms with Crippen LogP contribution < -0.4 is 60.9 Å². The van der Waals surface area contributed by atoms with Gasteiger partial charge in [-0.05, 0) is 106 Å². The second-order valence-electron chi connectivity index (χ2n) is 15.6. The van der Waals surface area contributed by atoms with Crippen LogP contribution in [0.4, 0.5) is 0 Å². The summed E-state index contributed by atoms with van der Waals surface area (Å²) in [5.41, 5.74) is 9.55. The third-order valence-electron chi connectivity index (χ3n) is 13.1. The molecule has 2 aliphatic carbocycles. The molecule has 268 valence electrons. The zero-order valence-electron chi connectivity index (χ0n) is 32.6. The predicted molar refractivity (Wildman–Crippen MR) is 236 cm³/mol. The SMILES string of the molecule is Brc1cccc2c1Oc1ccccc1C21c2cccc3ccc4cccc1c4c23.[H-].[K+].c1ccc2c(c1)Oc1ccccc1C21c2cccc3ccc4cccc1c4c23. The monoisotopic (exact) mass is 830 g/mol. The van der Waals surface area contributed by atoms with Gasteiger partial charge in [-0.3, -0.25) is 0 Å². The van der Waals surface area contributed by atoms with Crippen LogP contribution in [0.15, 0.2) is 193 Å². The summed E-state index contributed by atoms with van der Waals surface area (Å²) in [6, 6.07) is 67.8. The first-order chi connectivity index (χ1) is 28.2. The molecule has 0 saturated carbocycles. The molecule has 0 saturated heterocycles. The summed E-state index contributed by atoms with van der Waals surface area (Å²) in [5.74, 6) is 3.73. The summed E-state index contributed by atoms with van der Waals surface area (Å²) in [6.07, 6.45) is 0. The van der Waals surface area contributed by atoms with E-state index in [9.17, 15) is 0 Å². The van der Waals surface area contributed by atoms with Crippen LogP contribution in [0.2, 0.25) is 0 Å². The van der Waals surface area contributed by atoms with Gasteiger partial charge in [0.25, 0.3) is 0 Å². The summed E-state index contributed by atoms with van der Waals surface area (Å²) in [7, 11) is 0. The molecule has 4 heteroatoms. The Morgan fingerprint density at radius 2 is 0.621 bits per heavy atom. The first kappa shape index (κ1) is 34.9. The second kappa shape index (κ2) is 12.7. The van der Waals surface area contributed by atoms with Gasteiger partial charge < -0.3 is 10.9 Å². The third kappa shape index (κ3) is 4.30. The maximum Gasteiger partial charge on any atom is 1.00 e. The molecule has 0 aromatic heterocycles. The van der Waals surface area contributed by atoms with Crippen LogP contribution >= 0.6 is 15.9 Å². The first-order valence-electron chi connectivity index (χ1n) is 19.5. The van der Waals surface area contributed by atoms with Crippen LogP contribution in [0, 0.1) is 0 Å². The van der Waals surface area contributed by atoms with Crippen molar-refractivity contribution >= 4 is 59.0 Å². The predicted octanol–water partition coefficient (Wildman–Crippen LogP) is 11.5. The van der Waals surface area contributed by atoms with E-state index in [2.05, 4.69) is 204 Å². The van der Waals surface area contributed by atoms with Crippen molar-refractivity contribution < 1.29 is 62.3 Å². The van der Waals surface area contributed by atoms with E-state index in [0.29, 0.717) is 0 Å². The number of ether oxygens (including phenoxy) is 2. The molecule has 10 aromatic rings. The molecule has 2 aliphatic heterocycles.